The van der Waals surface area contributed by atoms with Crippen LogP contribution >= 0.6 is 11.6 Å². The van der Waals surface area contributed by atoms with Gasteiger partial charge in [0.1, 0.15) is 5.82 Å². The molecule has 1 saturated carbocycles. The van der Waals surface area contributed by atoms with E-state index in [1.807, 2.05) is 6.20 Å². The van der Waals surface area contributed by atoms with Crippen LogP contribution in [0.2, 0.25) is 5.02 Å². The number of nitrogens with zero attached hydrogens (tertiary/aromatic N) is 5. The lowest BCUT2D eigenvalue weighted by Crippen LogP contribution is -2.13. The van der Waals surface area contributed by atoms with Crippen molar-refractivity contribution in [3.05, 3.63) is 35.9 Å². The molecule has 7 nitrogen and oxygen atoms in total. The third-order valence-corrected chi connectivity index (χ3v) is 4.41. The van der Waals surface area contributed by atoms with Crippen molar-refractivity contribution < 1.29 is 4.39 Å². The van der Waals surface area contributed by atoms with Crippen LogP contribution in [0.1, 0.15) is 12.8 Å². The molecule has 0 radical (unpaired) electrons. The highest BCUT2D eigenvalue weighted by Crippen LogP contribution is 2.47. The largest absolute Gasteiger partial charge is 0.309 e. The van der Waals surface area contributed by atoms with Crippen molar-refractivity contribution in [2.24, 2.45) is 5.41 Å². The van der Waals surface area contributed by atoms with E-state index in [-0.39, 0.29) is 12.1 Å². The standard InChI is InChI=1S/C15H15ClFN7/c16-11-6-18-14(21-12-1-4-19-23-12)22-13(11)10-5-20-24(7-10)9-15(8-17)2-3-15/h1,4-7H,2-3,8-9H2,(H2,18,19,21,22,23). The Hall–Kier alpha value is -2.48. The van der Waals surface area contributed by atoms with Gasteiger partial charge in [-0.2, -0.15) is 10.2 Å². The molecular formula is C15H15ClFN7. The number of hydrogen-bond acceptors (Lipinski definition) is 5. The lowest BCUT2D eigenvalue weighted by atomic mass is 10.1. The van der Waals surface area contributed by atoms with Gasteiger partial charge in [0.25, 0.3) is 0 Å². The van der Waals surface area contributed by atoms with Gasteiger partial charge >= 0.3 is 0 Å². The monoisotopic (exact) mass is 347 g/mol. The van der Waals surface area contributed by atoms with Crippen molar-refractivity contribution in [1.29, 1.82) is 0 Å². The Bertz CT molecular complexity index is 841. The summed E-state index contributed by atoms with van der Waals surface area (Å²) in [6.45, 7) is 0.264. The van der Waals surface area contributed by atoms with Gasteiger partial charge in [-0.25, -0.2) is 9.97 Å². The maximum Gasteiger partial charge on any atom is 0.228 e. The Balaban J connectivity index is 1.58. The molecule has 0 amide bonds. The van der Waals surface area contributed by atoms with Crippen molar-refractivity contribution in [1.82, 2.24) is 29.9 Å². The fraction of sp³-hybridized carbons (Fsp3) is 0.333. The van der Waals surface area contributed by atoms with Gasteiger partial charge in [0.2, 0.25) is 5.95 Å². The second kappa shape index (κ2) is 5.86. The predicted octanol–water partition coefficient (Wildman–Crippen LogP) is 3.21. The van der Waals surface area contributed by atoms with E-state index in [0.717, 1.165) is 18.4 Å². The maximum absolute atomic E-state index is 13.0. The highest BCUT2D eigenvalue weighted by molar-refractivity contribution is 6.32. The number of aromatic amines is 1. The number of halogens is 2. The molecule has 9 heteroatoms. The van der Waals surface area contributed by atoms with Crippen LogP contribution in [0.4, 0.5) is 16.2 Å². The lowest BCUT2D eigenvalue weighted by Gasteiger charge is -2.09. The first-order chi connectivity index (χ1) is 11.7. The Morgan fingerprint density at radius 1 is 1.38 bits per heavy atom. The van der Waals surface area contributed by atoms with Gasteiger partial charge in [0, 0.05) is 29.8 Å². The minimum absolute atomic E-state index is 0.230. The van der Waals surface area contributed by atoms with E-state index in [1.165, 1.54) is 6.20 Å². The van der Waals surface area contributed by atoms with E-state index in [2.05, 4.69) is 30.6 Å². The maximum atomic E-state index is 13.0. The van der Waals surface area contributed by atoms with Crippen LogP contribution in [0.25, 0.3) is 11.3 Å². The number of nitrogens with one attached hydrogen (secondary N) is 2. The average molecular weight is 348 g/mol. The van der Waals surface area contributed by atoms with Gasteiger partial charge in [-0.15, -0.1) is 0 Å². The van der Waals surface area contributed by atoms with Crippen molar-refractivity contribution in [2.75, 3.05) is 12.0 Å². The minimum Gasteiger partial charge on any atom is -0.309 e. The van der Waals surface area contributed by atoms with Gasteiger partial charge < -0.3 is 5.32 Å². The molecule has 1 aliphatic carbocycles. The summed E-state index contributed by atoms with van der Waals surface area (Å²) in [5.74, 6) is 1.08. The zero-order chi connectivity index (χ0) is 16.6. The molecule has 3 heterocycles. The molecule has 2 N–H and O–H groups in total. The van der Waals surface area contributed by atoms with E-state index in [4.69, 9.17) is 11.6 Å². The summed E-state index contributed by atoms with van der Waals surface area (Å²) in [5.41, 5.74) is 1.11. The molecule has 1 fully saturated rings. The SMILES string of the molecule is FCC1(Cn2cc(-c3nc(Nc4ccn[nH]4)ncc3Cl)cn2)CC1. The van der Waals surface area contributed by atoms with Crippen LogP contribution in [0.3, 0.4) is 0 Å². The summed E-state index contributed by atoms with van der Waals surface area (Å²) in [4.78, 5) is 8.58. The minimum atomic E-state index is -0.311. The van der Waals surface area contributed by atoms with Crippen LogP contribution in [0.15, 0.2) is 30.9 Å². The molecule has 0 aromatic carbocycles. The molecule has 1 aliphatic rings. The lowest BCUT2D eigenvalue weighted by molar-refractivity contribution is 0.294. The van der Waals surface area contributed by atoms with Gasteiger partial charge in [0.05, 0.1) is 36.0 Å². The summed E-state index contributed by atoms with van der Waals surface area (Å²) in [6.07, 6.45) is 8.49. The molecule has 0 spiro atoms. The number of aromatic nitrogens is 6. The highest BCUT2D eigenvalue weighted by atomic mass is 35.5. The Labute approximate surface area is 142 Å². The Kier molecular flexibility index (Phi) is 3.68. The third-order valence-electron chi connectivity index (χ3n) is 4.14. The van der Waals surface area contributed by atoms with Crippen molar-refractivity contribution >= 4 is 23.4 Å². The van der Waals surface area contributed by atoms with Gasteiger partial charge in [-0.3, -0.25) is 14.2 Å². The summed E-state index contributed by atoms with van der Waals surface area (Å²) in [6, 6.07) is 1.77. The van der Waals surface area contributed by atoms with Gasteiger partial charge in [-0.1, -0.05) is 11.6 Å². The smallest absolute Gasteiger partial charge is 0.228 e. The van der Waals surface area contributed by atoms with E-state index in [9.17, 15) is 4.39 Å². The first kappa shape index (κ1) is 15.1. The first-order valence-electron chi connectivity index (χ1n) is 7.55. The van der Waals surface area contributed by atoms with Crippen LogP contribution in [-0.2, 0) is 6.54 Å². The number of alkyl halides is 1. The summed E-state index contributed by atoms with van der Waals surface area (Å²) >= 11 is 6.22. The number of rotatable bonds is 6. The molecule has 0 aliphatic heterocycles. The van der Waals surface area contributed by atoms with Crippen LogP contribution in [0.5, 0.6) is 0 Å². The van der Waals surface area contributed by atoms with Crippen LogP contribution in [0, 0.1) is 5.41 Å². The molecule has 3 aromatic heterocycles. The van der Waals surface area contributed by atoms with E-state index in [1.54, 1.807) is 23.1 Å². The number of H-pyrrole nitrogens is 1. The molecule has 0 saturated heterocycles. The quantitative estimate of drug-likeness (QED) is 0.715. The predicted molar refractivity (Wildman–Crippen MR) is 87.8 cm³/mol. The number of hydrogen-bond donors (Lipinski definition) is 2. The molecule has 24 heavy (non-hydrogen) atoms. The van der Waals surface area contributed by atoms with Crippen LogP contribution < -0.4 is 5.32 Å². The molecule has 124 valence electrons. The second-order valence-corrected chi connectivity index (χ2v) is 6.45. The van der Waals surface area contributed by atoms with Gasteiger partial charge in [-0.05, 0) is 12.8 Å². The first-order valence-corrected chi connectivity index (χ1v) is 7.93. The Morgan fingerprint density at radius 3 is 2.96 bits per heavy atom. The second-order valence-electron chi connectivity index (χ2n) is 6.05. The Morgan fingerprint density at radius 2 is 2.25 bits per heavy atom. The molecule has 0 bridgehead atoms. The number of anilines is 2. The summed E-state index contributed by atoms with van der Waals surface area (Å²) < 4.78 is 14.8. The van der Waals surface area contributed by atoms with E-state index in [0.29, 0.717) is 29.0 Å². The molecule has 0 atom stereocenters. The fourth-order valence-electron chi connectivity index (χ4n) is 2.50. The molecule has 0 unspecified atom stereocenters. The summed E-state index contributed by atoms with van der Waals surface area (Å²) in [7, 11) is 0. The van der Waals surface area contributed by atoms with Crippen molar-refractivity contribution in [3.63, 3.8) is 0 Å². The zero-order valence-corrected chi connectivity index (χ0v) is 13.5. The molecule has 3 aromatic rings. The summed E-state index contributed by atoms with van der Waals surface area (Å²) in [5, 5.41) is 14.4. The van der Waals surface area contributed by atoms with Crippen molar-refractivity contribution in [2.45, 2.75) is 19.4 Å². The van der Waals surface area contributed by atoms with Gasteiger partial charge in [0.15, 0.2) is 0 Å². The van der Waals surface area contributed by atoms with E-state index < -0.39 is 0 Å². The van der Waals surface area contributed by atoms with E-state index >= 15 is 0 Å². The topological polar surface area (TPSA) is 84.3 Å². The average Bonchev–Trinajstić information content (AvgIpc) is 2.97. The molecule has 4 rings (SSSR count). The normalized spacial score (nSPS) is 15.4. The molecular weight excluding hydrogens is 333 g/mol. The fourth-order valence-corrected chi connectivity index (χ4v) is 2.70. The van der Waals surface area contributed by atoms with Crippen LogP contribution in [-0.4, -0.2) is 36.6 Å². The third kappa shape index (κ3) is 2.96. The highest BCUT2D eigenvalue weighted by Gasteiger charge is 2.43. The zero-order valence-electron chi connectivity index (χ0n) is 12.7. The van der Waals surface area contributed by atoms with Crippen molar-refractivity contribution in [3.8, 4) is 11.3 Å².